The molecule has 0 saturated carbocycles. The summed E-state index contributed by atoms with van der Waals surface area (Å²) in [6, 6.07) is 26.8. The van der Waals surface area contributed by atoms with Crippen LogP contribution < -0.4 is 0 Å². The third-order valence-electron chi connectivity index (χ3n) is 6.22. The smallest absolute Gasteiger partial charge is 0.0345 e. The summed E-state index contributed by atoms with van der Waals surface area (Å²) < 4.78 is 0. The van der Waals surface area contributed by atoms with Gasteiger partial charge in [0.15, 0.2) is 0 Å². The SMILES string of the molecule is CC1=CCC(C)=C1C(c1ccccc1)c1cccc2c1Cc1ccccc1-2. The number of hydrogen-bond donors (Lipinski definition) is 0. The highest BCUT2D eigenvalue weighted by molar-refractivity contribution is 5.79. The van der Waals surface area contributed by atoms with E-state index in [-0.39, 0.29) is 0 Å². The van der Waals surface area contributed by atoms with Gasteiger partial charge in [0.05, 0.1) is 0 Å². The normalized spacial score (nSPS) is 16.1. The van der Waals surface area contributed by atoms with Crippen molar-refractivity contribution in [3.05, 3.63) is 118 Å². The monoisotopic (exact) mass is 348 g/mol. The Hall–Kier alpha value is -2.86. The number of allylic oxidation sites excluding steroid dienone is 4. The van der Waals surface area contributed by atoms with Gasteiger partial charge in [-0.05, 0) is 65.6 Å². The van der Waals surface area contributed by atoms with Crippen LogP contribution in [0.3, 0.4) is 0 Å². The highest BCUT2D eigenvalue weighted by Crippen LogP contribution is 2.47. The zero-order valence-corrected chi connectivity index (χ0v) is 16.0. The molecule has 0 spiro atoms. The first-order valence-corrected chi connectivity index (χ1v) is 9.86. The van der Waals surface area contributed by atoms with Gasteiger partial charge in [0.1, 0.15) is 0 Å². The first kappa shape index (κ1) is 16.3. The van der Waals surface area contributed by atoms with Gasteiger partial charge in [-0.25, -0.2) is 0 Å². The molecule has 2 aliphatic carbocycles. The molecule has 3 aromatic rings. The summed E-state index contributed by atoms with van der Waals surface area (Å²) in [6.45, 7) is 4.58. The molecule has 0 heterocycles. The third-order valence-corrected chi connectivity index (χ3v) is 6.22. The Kier molecular flexibility index (Phi) is 3.86. The Bertz CT molecular complexity index is 1080. The van der Waals surface area contributed by atoms with E-state index >= 15 is 0 Å². The predicted molar refractivity (Wildman–Crippen MR) is 114 cm³/mol. The molecule has 27 heavy (non-hydrogen) atoms. The average molecular weight is 348 g/mol. The van der Waals surface area contributed by atoms with Crippen molar-refractivity contribution in [1.82, 2.24) is 0 Å². The fraction of sp³-hybridized carbons (Fsp3) is 0.185. The fourth-order valence-electron chi connectivity index (χ4n) is 4.94. The van der Waals surface area contributed by atoms with Crippen LogP contribution in [0.2, 0.25) is 0 Å². The molecule has 132 valence electrons. The lowest BCUT2D eigenvalue weighted by atomic mass is 9.78. The van der Waals surface area contributed by atoms with Gasteiger partial charge >= 0.3 is 0 Å². The van der Waals surface area contributed by atoms with Crippen molar-refractivity contribution in [2.24, 2.45) is 0 Å². The van der Waals surface area contributed by atoms with Crippen molar-refractivity contribution in [2.75, 3.05) is 0 Å². The molecule has 2 aliphatic rings. The van der Waals surface area contributed by atoms with E-state index in [0.29, 0.717) is 5.92 Å². The van der Waals surface area contributed by atoms with E-state index in [4.69, 9.17) is 0 Å². The van der Waals surface area contributed by atoms with Crippen LogP contribution in [-0.4, -0.2) is 0 Å². The van der Waals surface area contributed by atoms with Crippen LogP contribution in [0.5, 0.6) is 0 Å². The summed E-state index contributed by atoms with van der Waals surface area (Å²) in [5.41, 5.74) is 13.1. The molecule has 0 saturated heterocycles. The minimum Gasteiger partial charge on any atom is -0.0772 e. The lowest BCUT2D eigenvalue weighted by Gasteiger charge is -2.25. The zero-order chi connectivity index (χ0) is 18.4. The van der Waals surface area contributed by atoms with Crippen LogP contribution in [0.15, 0.2) is 95.6 Å². The van der Waals surface area contributed by atoms with E-state index in [0.717, 1.165) is 12.8 Å². The molecular weight excluding hydrogens is 324 g/mol. The topological polar surface area (TPSA) is 0 Å². The van der Waals surface area contributed by atoms with Gasteiger partial charge in [-0.1, -0.05) is 90.0 Å². The maximum Gasteiger partial charge on any atom is 0.0345 e. The van der Waals surface area contributed by atoms with E-state index < -0.39 is 0 Å². The zero-order valence-electron chi connectivity index (χ0n) is 16.0. The number of benzene rings is 3. The first-order valence-electron chi connectivity index (χ1n) is 9.86. The minimum absolute atomic E-state index is 0.314. The highest BCUT2D eigenvalue weighted by Gasteiger charge is 2.29. The minimum atomic E-state index is 0.314. The second-order valence-corrected chi connectivity index (χ2v) is 7.84. The van der Waals surface area contributed by atoms with Gasteiger partial charge < -0.3 is 0 Å². The van der Waals surface area contributed by atoms with E-state index in [9.17, 15) is 0 Å². The Morgan fingerprint density at radius 1 is 0.741 bits per heavy atom. The van der Waals surface area contributed by atoms with Gasteiger partial charge in [0.2, 0.25) is 0 Å². The van der Waals surface area contributed by atoms with Gasteiger partial charge in [-0.2, -0.15) is 0 Å². The van der Waals surface area contributed by atoms with Gasteiger partial charge in [-0.3, -0.25) is 0 Å². The predicted octanol–water partition coefficient (Wildman–Crippen LogP) is 7.06. The molecule has 0 aliphatic heterocycles. The summed E-state index contributed by atoms with van der Waals surface area (Å²) in [5.74, 6) is 0.314. The molecular formula is C27H24. The number of fused-ring (bicyclic) bond motifs is 3. The molecule has 0 aromatic heterocycles. The first-order chi connectivity index (χ1) is 13.2. The summed E-state index contributed by atoms with van der Waals surface area (Å²) in [7, 11) is 0. The van der Waals surface area contributed by atoms with E-state index in [1.807, 2.05) is 0 Å². The largest absolute Gasteiger partial charge is 0.0772 e. The van der Waals surface area contributed by atoms with Crippen molar-refractivity contribution in [1.29, 1.82) is 0 Å². The van der Waals surface area contributed by atoms with Crippen LogP contribution in [0, 0.1) is 0 Å². The molecule has 0 amide bonds. The second-order valence-electron chi connectivity index (χ2n) is 7.84. The summed E-state index contributed by atoms with van der Waals surface area (Å²) in [4.78, 5) is 0. The molecule has 0 bridgehead atoms. The molecule has 0 fully saturated rings. The van der Waals surface area contributed by atoms with Crippen LogP contribution in [0.25, 0.3) is 11.1 Å². The Balaban J connectivity index is 1.74. The summed E-state index contributed by atoms with van der Waals surface area (Å²) >= 11 is 0. The number of rotatable bonds is 3. The molecule has 5 rings (SSSR count). The lowest BCUT2D eigenvalue weighted by Crippen LogP contribution is -2.09. The van der Waals surface area contributed by atoms with Crippen molar-refractivity contribution in [2.45, 2.75) is 32.6 Å². The molecule has 1 atom stereocenters. The Morgan fingerprint density at radius 2 is 1.48 bits per heavy atom. The molecule has 0 heteroatoms. The second kappa shape index (κ2) is 6.39. The Labute approximate surface area is 161 Å². The quantitative estimate of drug-likeness (QED) is 0.372. The molecule has 0 N–H and O–H groups in total. The highest BCUT2D eigenvalue weighted by atomic mass is 14.3. The summed E-state index contributed by atoms with van der Waals surface area (Å²) in [5, 5.41) is 0. The van der Waals surface area contributed by atoms with Gasteiger partial charge in [-0.15, -0.1) is 0 Å². The molecule has 3 aromatic carbocycles. The van der Waals surface area contributed by atoms with Crippen molar-refractivity contribution < 1.29 is 0 Å². The Morgan fingerprint density at radius 3 is 2.26 bits per heavy atom. The maximum absolute atomic E-state index is 2.39. The van der Waals surface area contributed by atoms with Gasteiger partial charge in [0.25, 0.3) is 0 Å². The molecule has 0 nitrogen and oxygen atoms in total. The van der Waals surface area contributed by atoms with E-state index in [1.54, 1.807) is 0 Å². The van der Waals surface area contributed by atoms with Crippen molar-refractivity contribution in [3.8, 4) is 11.1 Å². The lowest BCUT2D eigenvalue weighted by molar-refractivity contribution is 0.924. The van der Waals surface area contributed by atoms with Crippen LogP contribution in [0.1, 0.15) is 48.4 Å². The molecule has 0 radical (unpaired) electrons. The van der Waals surface area contributed by atoms with Crippen LogP contribution in [0.4, 0.5) is 0 Å². The van der Waals surface area contributed by atoms with Gasteiger partial charge in [0, 0.05) is 5.92 Å². The summed E-state index contributed by atoms with van der Waals surface area (Å²) in [6.07, 6.45) is 4.51. The van der Waals surface area contributed by atoms with E-state index in [1.165, 1.54) is 50.1 Å². The average Bonchev–Trinajstić information content (AvgIpc) is 3.24. The molecule has 1 unspecified atom stereocenters. The van der Waals surface area contributed by atoms with Crippen molar-refractivity contribution >= 4 is 0 Å². The fourth-order valence-corrected chi connectivity index (χ4v) is 4.94. The number of hydrogen-bond acceptors (Lipinski definition) is 0. The third kappa shape index (κ3) is 2.59. The van der Waals surface area contributed by atoms with Crippen molar-refractivity contribution in [3.63, 3.8) is 0 Å². The van der Waals surface area contributed by atoms with E-state index in [2.05, 4.69) is 92.7 Å². The maximum atomic E-state index is 2.39. The van der Waals surface area contributed by atoms with Crippen LogP contribution in [-0.2, 0) is 6.42 Å². The van der Waals surface area contributed by atoms with Crippen LogP contribution >= 0.6 is 0 Å². The standard InChI is InChI=1S/C27H24/c1-18-15-16-19(2)26(18)27(20-9-4-3-5-10-20)24-14-8-13-23-22-12-7-6-11-21(22)17-25(23)24/h3-15,27H,16-17H2,1-2H3.